The number of aryl methyl sites for hydroxylation is 1. The lowest BCUT2D eigenvalue weighted by Gasteiger charge is -2.04. The van der Waals surface area contributed by atoms with Crippen LogP contribution in [0.3, 0.4) is 0 Å². The van der Waals surface area contributed by atoms with Gasteiger partial charge in [-0.3, -0.25) is 14.3 Å². The van der Waals surface area contributed by atoms with Gasteiger partial charge in [0.05, 0.1) is 12.2 Å². The molecule has 1 aliphatic rings. The third-order valence-electron chi connectivity index (χ3n) is 4.90. The molecule has 1 aromatic carbocycles. The third kappa shape index (κ3) is 5.88. The summed E-state index contributed by atoms with van der Waals surface area (Å²) < 4.78 is 31.6. The van der Waals surface area contributed by atoms with E-state index in [1.165, 1.54) is 0 Å². The van der Waals surface area contributed by atoms with Gasteiger partial charge in [0.1, 0.15) is 0 Å². The van der Waals surface area contributed by atoms with Gasteiger partial charge in [-0.25, -0.2) is 0 Å². The molecular weight excluding hydrogens is 392 g/mol. The summed E-state index contributed by atoms with van der Waals surface area (Å²) in [4.78, 5) is 18.7. The largest absolute Gasteiger partial charge is 0.481 e. The van der Waals surface area contributed by atoms with Crippen LogP contribution in [-0.4, -0.2) is 40.5 Å². The molecule has 0 saturated carbocycles. The van der Waals surface area contributed by atoms with Crippen LogP contribution in [0.4, 0.5) is 0 Å². The second-order valence-corrected chi connectivity index (χ2v) is 8.84. The fourth-order valence-corrected chi connectivity index (χ4v) is 3.87. The summed E-state index contributed by atoms with van der Waals surface area (Å²) >= 11 is 0. The fraction of sp³-hybridized carbons (Fsp3) is 0.333. The number of nitrogens with zero attached hydrogens (tertiary/aromatic N) is 1. The number of carbonyl (C=O) groups is 1. The van der Waals surface area contributed by atoms with Gasteiger partial charge in [-0.15, -0.1) is 0 Å². The zero-order chi connectivity index (χ0) is 21.0. The van der Waals surface area contributed by atoms with E-state index in [0.29, 0.717) is 12.8 Å². The van der Waals surface area contributed by atoms with Gasteiger partial charge < -0.3 is 10.1 Å². The van der Waals surface area contributed by atoms with Crippen LogP contribution in [0.2, 0.25) is 0 Å². The highest BCUT2D eigenvalue weighted by Crippen LogP contribution is 2.30. The second-order valence-electron chi connectivity index (χ2n) is 7.27. The summed E-state index contributed by atoms with van der Waals surface area (Å²) in [7, 11) is -4.07. The van der Waals surface area contributed by atoms with E-state index in [0.717, 1.165) is 33.9 Å². The molecule has 3 N–H and O–H groups in total. The summed E-state index contributed by atoms with van der Waals surface area (Å²) in [5.41, 5.74) is 5.03. The number of benzene rings is 1. The lowest BCUT2D eigenvalue weighted by molar-refractivity contribution is -0.136. The maximum absolute atomic E-state index is 11.2. The Morgan fingerprint density at radius 1 is 1.28 bits per heavy atom. The molecule has 1 aromatic heterocycles. The van der Waals surface area contributed by atoms with Crippen molar-refractivity contribution in [3.63, 3.8) is 0 Å². The molecule has 1 aliphatic heterocycles. The third-order valence-corrected chi connectivity index (χ3v) is 5.62. The van der Waals surface area contributed by atoms with Crippen molar-refractivity contribution in [3.8, 4) is 11.3 Å². The van der Waals surface area contributed by atoms with Crippen molar-refractivity contribution in [2.75, 3.05) is 5.75 Å². The number of allylic oxidation sites excluding steroid dienone is 1. The van der Waals surface area contributed by atoms with Crippen molar-refractivity contribution in [1.82, 2.24) is 4.98 Å². The number of carboxylic acid groups (broad SMARTS) is 1. The minimum Gasteiger partial charge on any atom is -0.481 e. The number of hydrogen-bond donors (Lipinski definition) is 3. The van der Waals surface area contributed by atoms with Crippen LogP contribution in [0.5, 0.6) is 0 Å². The van der Waals surface area contributed by atoms with Crippen LogP contribution in [0.25, 0.3) is 17.3 Å². The number of aromatic amines is 1. The fourth-order valence-electron chi connectivity index (χ4n) is 3.39. The molecule has 1 unspecified atom stereocenters. The van der Waals surface area contributed by atoms with Crippen molar-refractivity contribution in [2.45, 2.75) is 32.6 Å². The van der Waals surface area contributed by atoms with E-state index >= 15 is 0 Å². The minimum atomic E-state index is -4.07. The zero-order valence-electron chi connectivity index (χ0n) is 16.1. The molecule has 154 valence electrons. The lowest BCUT2D eigenvalue weighted by Crippen LogP contribution is -2.06. The highest BCUT2D eigenvalue weighted by molar-refractivity contribution is 7.85. The maximum atomic E-state index is 11.2. The predicted molar refractivity (Wildman–Crippen MR) is 112 cm³/mol. The Balaban J connectivity index is 1.92. The topological polar surface area (TPSA) is 120 Å². The zero-order valence-corrected chi connectivity index (χ0v) is 16.9. The molecule has 1 atom stereocenters. The standard InChI is InChI=1S/C21H24N2O5S/c1-14-11-17(7-8-21(24)25)22-18(14)13-20-16(9-10-29(26,27)28)12-19(23-20)15-5-3-2-4-6-15/h2-6,12-14,23H,7-11H2,1H3,(H,24,25)(H,26,27,28)/b18-13-. The van der Waals surface area contributed by atoms with Crippen LogP contribution < -0.4 is 0 Å². The molecule has 2 heterocycles. The Bertz CT molecular complexity index is 1050. The Morgan fingerprint density at radius 2 is 2.00 bits per heavy atom. The molecule has 29 heavy (non-hydrogen) atoms. The molecule has 0 radical (unpaired) electrons. The number of aromatic nitrogens is 1. The number of hydrogen-bond acceptors (Lipinski definition) is 4. The monoisotopic (exact) mass is 416 g/mol. The Morgan fingerprint density at radius 3 is 2.66 bits per heavy atom. The van der Waals surface area contributed by atoms with Gasteiger partial charge in [0.15, 0.2) is 0 Å². The number of aliphatic imine (C=N–C) groups is 1. The smallest absolute Gasteiger partial charge is 0.303 e. The molecule has 3 rings (SSSR count). The van der Waals surface area contributed by atoms with Crippen molar-refractivity contribution in [1.29, 1.82) is 0 Å². The first-order valence-corrected chi connectivity index (χ1v) is 11.0. The van der Waals surface area contributed by atoms with Crippen LogP contribution in [-0.2, 0) is 21.3 Å². The van der Waals surface area contributed by atoms with Gasteiger partial charge in [0.2, 0.25) is 0 Å². The Hall–Kier alpha value is -2.71. The van der Waals surface area contributed by atoms with Crippen molar-refractivity contribution in [3.05, 3.63) is 53.4 Å². The van der Waals surface area contributed by atoms with Crippen LogP contribution in [0.15, 0.2) is 47.1 Å². The van der Waals surface area contributed by atoms with E-state index in [1.54, 1.807) is 0 Å². The van der Waals surface area contributed by atoms with Gasteiger partial charge in [-0.2, -0.15) is 8.42 Å². The summed E-state index contributed by atoms with van der Waals surface area (Å²) in [6, 6.07) is 11.6. The lowest BCUT2D eigenvalue weighted by atomic mass is 10.0. The first kappa shape index (κ1) is 21.0. The van der Waals surface area contributed by atoms with E-state index < -0.39 is 16.1 Å². The molecule has 0 bridgehead atoms. The Kier molecular flexibility index (Phi) is 6.34. The van der Waals surface area contributed by atoms with E-state index in [2.05, 4.69) is 9.98 Å². The average Bonchev–Trinajstić information content (AvgIpc) is 3.22. The average molecular weight is 416 g/mol. The van der Waals surface area contributed by atoms with E-state index in [9.17, 15) is 13.2 Å². The van der Waals surface area contributed by atoms with Crippen LogP contribution in [0, 0.1) is 5.92 Å². The highest BCUT2D eigenvalue weighted by Gasteiger charge is 2.21. The van der Waals surface area contributed by atoms with Crippen LogP contribution in [0.1, 0.15) is 37.4 Å². The second kappa shape index (κ2) is 8.75. The van der Waals surface area contributed by atoms with E-state index in [4.69, 9.17) is 9.66 Å². The number of H-pyrrole nitrogens is 1. The number of carboxylic acids is 1. The molecule has 0 saturated heterocycles. The minimum absolute atomic E-state index is 0.0547. The number of rotatable bonds is 8. The molecule has 8 heteroatoms. The quantitative estimate of drug-likeness (QED) is 0.566. The first-order chi connectivity index (χ1) is 13.7. The highest BCUT2D eigenvalue weighted by atomic mass is 32.2. The Labute approximate surface area is 169 Å². The van der Waals surface area contributed by atoms with E-state index in [1.807, 2.05) is 49.4 Å². The van der Waals surface area contributed by atoms with Gasteiger partial charge in [0, 0.05) is 28.7 Å². The van der Waals surface area contributed by atoms with Crippen LogP contribution >= 0.6 is 0 Å². The van der Waals surface area contributed by atoms with Gasteiger partial charge >= 0.3 is 5.97 Å². The molecule has 7 nitrogen and oxygen atoms in total. The number of aliphatic carboxylic acids is 1. The van der Waals surface area contributed by atoms with E-state index in [-0.39, 0.29) is 24.5 Å². The van der Waals surface area contributed by atoms with Gasteiger partial charge in [-0.05, 0) is 42.5 Å². The molecular formula is C21H24N2O5S. The summed E-state index contributed by atoms with van der Waals surface area (Å²) in [5.74, 6) is -1.06. The van der Waals surface area contributed by atoms with Gasteiger partial charge in [0.25, 0.3) is 10.1 Å². The molecule has 0 spiro atoms. The molecule has 2 aromatic rings. The molecule has 0 aliphatic carbocycles. The van der Waals surface area contributed by atoms with Gasteiger partial charge in [-0.1, -0.05) is 37.3 Å². The summed E-state index contributed by atoms with van der Waals surface area (Å²) in [5, 5.41) is 8.87. The molecule has 0 fully saturated rings. The first-order valence-electron chi connectivity index (χ1n) is 9.43. The number of nitrogens with one attached hydrogen (secondary N) is 1. The summed E-state index contributed by atoms with van der Waals surface area (Å²) in [6.45, 7) is 2.03. The maximum Gasteiger partial charge on any atom is 0.303 e. The SMILES string of the molecule is CC1CC(CCC(=O)O)=N/C1=C\c1[nH]c(-c2ccccc2)cc1CCS(=O)(=O)O. The van der Waals surface area contributed by atoms with Crippen molar-refractivity contribution in [2.24, 2.45) is 10.9 Å². The van der Waals surface area contributed by atoms with Crippen molar-refractivity contribution >= 4 is 27.9 Å². The van der Waals surface area contributed by atoms with Crippen molar-refractivity contribution < 1.29 is 22.9 Å². The predicted octanol–water partition coefficient (Wildman–Crippen LogP) is 3.80. The normalized spacial score (nSPS) is 18.2. The summed E-state index contributed by atoms with van der Waals surface area (Å²) in [6.07, 6.45) is 3.26. The molecule has 0 amide bonds.